The number of hydrogen-bond donors (Lipinski definition) is 13. The lowest BCUT2D eigenvalue weighted by Crippen LogP contribution is -2.55. The van der Waals surface area contributed by atoms with Gasteiger partial charge in [0, 0.05) is 25.7 Å². The maximum atomic E-state index is 13.5. The number of nitrogens with two attached hydrogens (primary N) is 4. The number of carbonyl (C=O) groups excluding carboxylic acids is 5. The third-order valence-electron chi connectivity index (χ3n) is 9.34. The zero-order valence-corrected chi connectivity index (χ0v) is 29.8. The highest BCUT2D eigenvalue weighted by molar-refractivity contribution is 5.93. The molecule has 2 fully saturated rings. The van der Waals surface area contributed by atoms with Gasteiger partial charge in [-0.05, 0) is 76.5 Å². The molecular weight excluding hydrogens is 678 g/mol. The lowest BCUT2D eigenvalue weighted by molar-refractivity contribution is -0.145. The molecule has 5 amide bonds. The molecule has 1 saturated heterocycles. The van der Waals surface area contributed by atoms with Gasteiger partial charge in [0.1, 0.15) is 18.1 Å². The molecule has 0 aromatic rings. The van der Waals surface area contributed by atoms with Crippen LogP contribution in [0.3, 0.4) is 0 Å². The fourth-order valence-corrected chi connectivity index (χ4v) is 6.67. The first-order valence-electron chi connectivity index (χ1n) is 18.1. The topological polar surface area (TPSA) is 350 Å². The number of nitrogens with one attached hydrogen (secondary N) is 8. The largest absolute Gasteiger partial charge is 0.480 e. The molecule has 52 heavy (non-hydrogen) atoms. The Morgan fingerprint density at radius 1 is 0.750 bits per heavy atom. The van der Waals surface area contributed by atoms with E-state index in [2.05, 4.69) is 31.9 Å². The summed E-state index contributed by atoms with van der Waals surface area (Å²) < 4.78 is 0. The Morgan fingerprint density at radius 3 is 1.98 bits per heavy atom. The SMILES string of the molecule is N=C(N)NCCCC[C@H](NC(=O)CN)C(=O)NCCCC[C@H](N)C(=O)NCC(=O)N1C2CCCCC2C[C@H]1C(=O)N[C@@H](CCCNC(=N)N)C(=O)O. The third kappa shape index (κ3) is 15.3. The molecule has 0 radical (unpaired) electrons. The van der Waals surface area contributed by atoms with Gasteiger partial charge in [-0.25, -0.2) is 4.79 Å². The third-order valence-corrected chi connectivity index (χ3v) is 9.34. The number of rotatable bonds is 23. The van der Waals surface area contributed by atoms with Crippen LogP contribution in [0.2, 0.25) is 0 Å². The summed E-state index contributed by atoms with van der Waals surface area (Å²) >= 11 is 0. The Kier molecular flexibility index (Phi) is 19.2. The van der Waals surface area contributed by atoms with E-state index in [9.17, 15) is 33.9 Å². The van der Waals surface area contributed by atoms with Crippen molar-refractivity contribution >= 4 is 47.4 Å². The number of carboxylic acids is 1. The fraction of sp³-hybridized carbons (Fsp3) is 0.750. The Labute approximate surface area is 304 Å². The van der Waals surface area contributed by atoms with Crippen molar-refractivity contribution in [2.45, 2.75) is 114 Å². The lowest BCUT2D eigenvalue weighted by Gasteiger charge is -2.34. The highest BCUT2D eigenvalue weighted by Gasteiger charge is 2.47. The van der Waals surface area contributed by atoms with Crippen LogP contribution >= 0.6 is 0 Å². The molecule has 0 spiro atoms. The van der Waals surface area contributed by atoms with Gasteiger partial charge in [-0.15, -0.1) is 0 Å². The van der Waals surface area contributed by atoms with Crippen molar-refractivity contribution in [2.75, 3.05) is 32.7 Å². The van der Waals surface area contributed by atoms with Gasteiger partial charge in [-0.1, -0.05) is 12.8 Å². The first kappa shape index (κ1) is 43.4. The number of guanidine groups is 2. The quantitative estimate of drug-likeness (QED) is 0.0280. The van der Waals surface area contributed by atoms with E-state index < -0.39 is 53.8 Å². The van der Waals surface area contributed by atoms with Gasteiger partial charge >= 0.3 is 5.97 Å². The average molecular weight is 738 g/mol. The molecule has 1 heterocycles. The lowest BCUT2D eigenvalue weighted by atomic mass is 9.84. The summed E-state index contributed by atoms with van der Waals surface area (Å²) in [5, 5.41) is 39.9. The molecule has 0 bridgehead atoms. The van der Waals surface area contributed by atoms with Gasteiger partial charge in [0.25, 0.3) is 0 Å². The van der Waals surface area contributed by atoms with E-state index in [4.69, 9.17) is 33.8 Å². The number of aliphatic carboxylic acids is 1. The van der Waals surface area contributed by atoms with E-state index in [1.807, 2.05) is 0 Å². The van der Waals surface area contributed by atoms with E-state index in [-0.39, 0.29) is 68.8 Å². The number of fused-ring (bicyclic) bond motifs is 1. The van der Waals surface area contributed by atoms with Crippen molar-refractivity contribution < 1.29 is 33.9 Å². The first-order chi connectivity index (χ1) is 24.7. The zero-order valence-electron chi connectivity index (χ0n) is 29.8. The number of carboxylic acid groups (broad SMARTS) is 1. The molecule has 1 saturated carbocycles. The molecular formula is C32H59N13O7. The zero-order chi connectivity index (χ0) is 38.6. The van der Waals surface area contributed by atoms with Gasteiger partial charge in [0.15, 0.2) is 11.9 Å². The van der Waals surface area contributed by atoms with Crippen LogP contribution < -0.4 is 54.8 Å². The number of likely N-dealkylation sites (tertiary alicyclic amines) is 1. The van der Waals surface area contributed by atoms with Gasteiger partial charge < -0.3 is 64.8 Å². The second-order valence-electron chi connectivity index (χ2n) is 13.3. The molecule has 2 aliphatic rings. The molecule has 6 atom stereocenters. The Hall–Kier alpha value is -4.72. The number of carbonyl (C=O) groups is 6. The summed E-state index contributed by atoms with van der Waals surface area (Å²) in [6.07, 6.45) is 7.15. The van der Waals surface area contributed by atoms with E-state index in [1.54, 1.807) is 0 Å². The molecule has 20 nitrogen and oxygen atoms in total. The van der Waals surface area contributed by atoms with Crippen molar-refractivity contribution in [3.8, 4) is 0 Å². The van der Waals surface area contributed by atoms with Crippen LogP contribution in [0, 0.1) is 16.7 Å². The van der Waals surface area contributed by atoms with Crippen molar-refractivity contribution in [1.29, 1.82) is 10.8 Å². The first-order valence-corrected chi connectivity index (χ1v) is 18.1. The van der Waals surface area contributed by atoms with E-state index >= 15 is 0 Å². The number of nitrogens with zero attached hydrogens (tertiary/aromatic N) is 1. The van der Waals surface area contributed by atoms with Crippen LogP contribution in [0.15, 0.2) is 0 Å². The van der Waals surface area contributed by atoms with Gasteiger partial charge in [0.05, 0.1) is 19.1 Å². The van der Waals surface area contributed by atoms with Crippen LogP contribution in [0.1, 0.15) is 83.5 Å². The molecule has 0 aromatic heterocycles. The molecule has 1 aliphatic heterocycles. The Morgan fingerprint density at radius 2 is 1.35 bits per heavy atom. The van der Waals surface area contributed by atoms with E-state index in [0.717, 1.165) is 19.3 Å². The van der Waals surface area contributed by atoms with E-state index in [1.165, 1.54) is 4.90 Å². The second-order valence-corrected chi connectivity index (χ2v) is 13.3. The van der Waals surface area contributed by atoms with E-state index in [0.29, 0.717) is 57.9 Å². The van der Waals surface area contributed by atoms with Gasteiger partial charge in [0.2, 0.25) is 29.5 Å². The normalized spacial score (nSPS) is 19.6. The molecule has 1 aliphatic carbocycles. The minimum atomic E-state index is -1.21. The summed E-state index contributed by atoms with van der Waals surface area (Å²) in [5.41, 5.74) is 22.0. The van der Waals surface area contributed by atoms with Crippen LogP contribution in [0.5, 0.6) is 0 Å². The maximum Gasteiger partial charge on any atom is 0.326 e. The molecule has 0 aromatic carbocycles. The number of hydrogen-bond acceptors (Lipinski definition) is 10. The second kappa shape index (κ2) is 23.0. The number of unbranched alkanes of at least 4 members (excludes halogenated alkanes) is 2. The molecule has 294 valence electrons. The minimum absolute atomic E-state index is 0.0946. The summed E-state index contributed by atoms with van der Waals surface area (Å²) in [6.45, 7) is 0.395. The molecule has 2 rings (SSSR count). The smallest absolute Gasteiger partial charge is 0.326 e. The Balaban J connectivity index is 1.84. The standard InChI is InChI=1S/C32H59N13O7/c33-17-25(46)43-21(10-4-6-14-40-31(35)36)28(49)39-13-5-3-9-20(34)27(48)42-18-26(47)45-23-12-2-1-8-19(23)16-24(45)29(50)44-22(30(51)52)11-7-15-41-32(37)38/h19-24H,1-18,33-34H2,(H,39,49)(H,42,48)(H,43,46)(H,44,50)(H,51,52)(H4,35,36,40)(H4,37,38,41)/t19?,20-,21-,22-,23?,24-/m0/s1. The van der Waals surface area contributed by atoms with Crippen molar-refractivity contribution in [1.82, 2.24) is 36.8 Å². The van der Waals surface area contributed by atoms with Gasteiger partial charge in [-0.3, -0.25) is 34.8 Å². The van der Waals surface area contributed by atoms with Crippen molar-refractivity contribution in [2.24, 2.45) is 28.9 Å². The average Bonchev–Trinajstić information content (AvgIpc) is 3.50. The predicted octanol–water partition coefficient (Wildman–Crippen LogP) is -3.19. The molecule has 2 unspecified atom stereocenters. The summed E-state index contributed by atoms with van der Waals surface area (Å²) in [5.74, 6) is -3.85. The number of amides is 5. The molecule has 17 N–H and O–H groups in total. The fourth-order valence-electron chi connectivity index (χ4n) is 6.67. The Bertz CT molecular complexity index is 1250. The highest BCUT2D eigenvalue weighted by atomic mass is 16.4. The summed E-state index contributed by atoms with van der Waals surface area (Å²) in [4.78, 5) is 77.6. The predicted molar refractivity (Wildman–Crippen MR) is 192 cm³/mol. The minimum Gasteiger partial charge on any atom is -0.480 e. The monoisotopic (exact) mass is 737 g/mol. The van der Waals surface area contributed by atoms with Crippen LogP contribution in [-0.4, -0.2) is 120 Å². The van der Waals surface area contributed by atoms with Crippen molar-refractivity contribution in [3.05, 3.63) is 0 Å². The maximum absolute atomic E-state index is 13.5. The van der Waals surface area contributed by atoms with Crippen molar-refractivity contribution in [3.63, 3.8) is 0 Å². The van der Waals surface area contributed by atoms with Crippen LogP contribution in [0.25, 0.3) is 0 Å². The summed E-state index contributed by atoms with van der Waals surface area (Å²) in [6, 6.07) is -3.93. The van der Waals surface area contributed by atoms with Crippen LogP contribution in [0.4, 0.5) is 0 Å². The van der Waals surface area contributed by atoms with Crippen LogP contribution in [-0.2, 0) is 28.8 Å². The highest BCUT2D eigenvalue weighted by Crippen LogP contribution is 2.39. The molecule has 20 heteroatoms. The van der Waals surface area contributed by atoms with Gasteiger partial charge in [-0.2, -0.15) is 0 Å². The summed E-state index contributed by atoms with van der Waals surface area (Å²) in [7, 11) is 0.